The standard InChI is InChI=1S/C26H32N4O/c1-20-13-22(14-21-7-4-3-5-8-21)15-25(29-20)24-9-6-11-30(19-24)18-23-16-27-26(28-17-23)10-12-31-2/h3-5,7-8,13,15-17,24H,6,9-12,14,18-19H2,1-2H3/t24-/m1/s1. The van der Waals surface area contributed by atoms with Crippen LogP contribution in [0.4, 0.5) is 0 Å². The fraction of sp³-hybridized carbons (Fsp3) is 0.423. The lowest BCUT2D eigenvalue weighted by Crippen LogP contribution is -2.34. The number of aryl methyl sites for hydroxylation is 1. The Bertz CT molecular complexity index is 959. The van der Waals surface area contributed by atoms with Crippen LogP contribution in [-0.4, -0.2) is 46.7 Å². The molecular formula is C26H32N4O. The SMILES string of the molecule is COCCc1ncc(CN2CCC[C@@H](c3cc(Cc4ccccc4)cc(C)n3)C2)cn1. The third-order valence-electron chi connectivity index (χ3n) is 5.90. The molecule has 1 aliphatic heterocycles. The van der Waals surface area contributed by atoms with Crippen LogP contribution in [0.3, 0.4) is 0 Å². The number of rotatable bonds is 8. The number of hydrogen-bond donors (Lipinski definition) is 0. The van der Waals surface area contributed by atoms with Crippen molar-refractivity contribution in [2.24, 2.45) is 0 Å². The Morgan fingerprint density at radius 1 is 1.03 bits per heavy atom. The highest BCUT2D eigenvalue weighted by atomic mass is 16.5. The smallest absolute Gasteiger partial charge is 0.130 e. The largest absolute Gasteiger partial charge is 0.384 e. The van der Waals surface area contributed by atoms with Crippen LogP contribution in [0.2, 0.25) is 0 Å². The monoisotopic (exact) mass is 416 g/mol. The first-order valence-corrected chi connectivity index (χ1v) is 11.2. The van der Waals surface area contributed by atoms with E-state index in [-0.39, 0.29) is 0 Å². The van der Waals surface area contributed by atoms with Crippen LogP contribution < -0.4 is 0 Å². The molecule has 5 nitrogen and oxygen atoms in total. The van der Waals surface area contributed by atoms with Gasteiger partial charge in [-0.1, -0.05) is 30.3 Å². The van der Waals surface area contributed by atoms with E-state index < -0.39 is 0 Å². The summed E-state index contributed by atoms with van der Waals surface area (Å²) in [6.07, 6.45) is 8.04. The number of nitrogens with zero attached hydrogens (tertiary/aromatic N) is 4. The molecule has 0 N–H and O–H groups in total. The maximum absolute atomic E-state index is 5.11. The molecule has 0 saturated carbocycles. The van der Waals surface area contributed by atoms with E-state index in [2.05, 4.69) is 64.3 Å². The van der Waals surface area contributed by atoms with Gasteiger partial charge in [0.1, 0.15) is 5.82 Å². The second-order valence-electron chi connectivity index (χ2n) is 8.53. The predicted molar refractivity (Wildman–Crippen MR) is 123 cm³/mol. The highest BCUT2D eigenvalue weighted by Crippen LogP contribution is 2.28. The zero-order valence-electron chi connectivity index (χ0n) is 18.6. The first-order valence-electron chi connectivity index (χ1n) is 11.2. The van der Waals surface area contributed by atoms with E-state index in [9.17, 15) is 0 Å². The number of piperidine rings is 1. The van der Waals surface area contributed by atoms with Crippen LogP contribution in [0.15, 0.2) is 54.9 Å². The average Bonchev–Trinajstić information content (AvgIpc) is 2.79. The van der Waals surface area contributed by atoms with E-state index in [1.165, 1.54) is 35.2 Å². The fourth-order valence-corrected chi connectivity index (χ4v) is 4.40. The van der Waals surface area contributed by atoms with Crippen molar-refractivity contribution in [3.8, 4) is 0 Å². The van der Waals surface area contributed by atoms with Gasteiger partial charge < -0.3 is 4.74 Å². The highest BCUT2D eigenvalue weighted by molar-refractivity contribution is 5.30. The van der Waals surface area contributed by atoms with E-state index in [0.29, 0.717) is 12.5 Å². The number of hydrogen-bond acceptors (Lipinski definition) is 5. The lowest BCUT2D eigenvalue weighted by molar-refractivity contribution is 0.197. The molecule has 0 aliphatic carbocycles. The maximum atomic E-state index is 5.11. The van der Waals surface area contributed by atoms with Crippen molar-refractivity contribution in [2.45, 2.75) is 45.1 Å². The summed E-state index contributed by atoms with van der Waals surface area (Å²) in [5.41, 5.74) is 6.22. The lowest BCUT2D eigenvalue weighted by Gasteiger charge is -2.32. The normalized spacial score (nSPS) is 17.0. The summed E-state index contributed by atoms with van der Waals surface area (Å²) >= 11 is 0. The maximum Gasteiger partial charge on any atom is 0.130 e. The molecule has 4 rings (SSSR count). The van der Waals surface area contributed by atoms with E-state index in [4.69, 9.17) is 9.72 Å². The van der Waals surface area contributed by atoms with Crippen LogP contribution in [0.5, 0.6) is 0 Å². The second kappa shape index (κ2) is 10.6. The highest BCUT2D eigenvalue weighted by Gasteiger charge is 2.23. The molecule has 0 unspecified atom stereocenters. The van der Waals surface area contributed by atoms with Gasteiger partial charge in [0.05, 0.1) is 6.61 Å². The van der Waals surface area contributed by atoms with Crippen molar-refractivity contribution >= 4 is 0 Å². The number of likely N-dealkylation sites (tertiary alicyclic amines) is 1. The fourth-order valence-electron chi connectivity index (χ4n) is 4.40. The van der Waals surface area contributed by atoms with Crippen LogP contribution in [0.1, 0.15) is 52.7 Å². The zero-order valence-corrected chi connectivity index (χ0v) is 18.6. The minimum absolute atomic E-state index is 0.477. The van der Waals surface area contributed by atoms with Crippen molar-refractivity contribution in [1.29, 1.82) is 0 Å². The number of benzene rings is 1. The summed E-state index contributed by atoms with van der Waals surface area (Å²) in [6.45, 7) is 5.81. The molecule has 31 heavy (non-hydrogen) atoms. The first-order chi connectivity index (χ1) is 15.2. The van der Waals surface area contributed by atoms with Crippen molar-refractivity contribution in [3.05, 3.63) is 88.8 Å². The summed E-state index contributed by atoms with van der Waals surface area (Å²) in [5.74, 6) is 1.32. The molecule has 0 bridgehead atoms. The summed E-state index contributed by atoms with van der Waals surface area (Å²) in [5, 5.41) is 0. The Morgan fingerprint density at radius 3 is 2.61 bits per heavy atom. The minimum atomic E-state index is 0.477. The van der Waals surface area contributed by atoms with Gasteiger partial charge in [0.15, 0.2) is 0 Å². The lowest BCUT2D eigenvalue weighted by atomic mass is 9.92. The van der Waals surface area contributed by atoms with Gasteiger partial charge in [0, 0.05) is 61.9 Å². The molecule has 1 aliphatic rings. The Morgan fingerprint density at radius 2 is 1.84 bits per heavy atom. The van der Waals surface area contributed by atoms with E-state index in [1.807, 2.05) is 12.4 Å². The molecule has 0 spiro atoms. The molecule has 0 radical (unpaired) electrons. The Hall–Kier alpha value is -2.63. The quantitative estimate of drug-likeness (QED) is 0.547. The van der Waals surface area contributed by atoms with E-state index in [1.54, 1.807) is 7.11 Å². The molecule has 1 saturated heterocycles. The minimum Gasteiger partial charge on any atom is -0.384 e. The average molecular weight is 417 g/mol. The van der Waals surface area contributed by atoms with Crippen molar-refractivity contribution < 1.29 is 4.74 Å². The molecule has 5 heteroatoms. The molecule has 3 aromatic rings. The van der Waals surface area contributed by atoms with Gasteiger partial charge in [0.25, 0.3) is 0 Å². The van der Waals surface area contributed by atoms with Gasteiger partial charge in [0.2, 0.25) is 0 Å². The Labute approximate surface area is 185 Å². The molecule has 1 fully saturated rings. The zero-order chi connectivity index (χ0) is 21.5. The first kappa shape index (κ1) is 21.6. The molecule has 162 valence electrons. The molecule has 0 amide bonds. The number of aromatic nitrogens is 3. The van der Waals surface area contributed by atoms with Gasteiger partial charge in [-0.3, -0.25) is 9.88 Å². The second-order valence-corrected chi connectivity index (χ2v) is 8.53. The number of methoxy groups -OCH3 is 1. The third kappa shape index (κ3) is 6.18. The summed E-state index contributed by atoms with van der Waals surface area (Å²) in [4.78, 5) is 16.4. The van der Waals surface area contributed by atoms with Gasteiger partial charge in [-0.2, -0.15) is 0 Å². The predicted octanol–water partition coefficient (Wildman–Crippen LogP) is 4.34. The Balaban J connectivity index is 1.41. The van der Waals surface area contributed by atoms with E-state index in [0.717, 1.165) is 44.0 Å². The topological polar surface area (TPSA) is 51.1 Å². The molecule has 3 heterocycles. The van der Waals surface area contributed by atoms with Crippen LogP contribution in [0.25, 0.3) is 0 Å². The van der Waals surface area contributed by atoms with Crippen LogP contribution in [0, 0.1) is 6.92 Å². The Kier molecular flexibility index (Phi) is 7.39. The summed E-state index contributed by atoms with van der Waals surface area (Å²) in [6, 6.07) is 15.2. The van der Waals surface area contributed by atoms with Crippen LogP contribution in [-0.2, 0) is 24.1 Å². The molecular weight excluding hydrogens is 384 g/mol. The third-order valence-corrected chi connectivity index (χ3v) is 5.90. The van der Waals surface area contributed by atoms with Gasteiger partial charge in [-0.15, -0.1) is 0 Å². The van der Waals surface area contributed by atoms with Crippen LogP contribution >= 0.6 is 0 Å². The van der Waals surface area contributed by atoms with Crippen molar-refractivity contribution in [3.63, 3.8) is 0 Å². The van der Waals surface area contributed by atoms with Gasteiger partial charge in [-0.25, -0.2) is 9.97 Å². The van der Waals surface area contributed by atoms with Gasteiger partial charge >= 0.3 is 0 Å². The van der Waals surface area contributed by atoms with E-state index >= 15 is 0 Å². The van der Waals surface area contributed by atoms with Gasteiger partial charge in [-0.05, 0) is 56.0 Å². The molecule has 1 aromatic carbocycles. The molecule has 2 aromatic heterocycles. The summed E-state index contributed by atoms with van der Waals surface area (Å²) < 4.78 is 5.11. The summed E-state index contributed by atoms with van der Waals surface area (Å²) in [7, 11) is 1.70. The van der Waals surface area contributed by atoms with Crippen molar-refractivity contribution in [2.75, 3.05) is 26.8 Å². The molecule has 1 atom stereocenters. The number of ether oxygens (including phenoxy) is 1. The van der Waals surface area contributed by atoms with Crippen molar-refractivity contribution in [1.82, 2.24) is 19.9 Å². The number of pyridine rings is 1.